The van der Waals surface area contributed by atoms with Crippen LogP contribution in [0, 0.1) is 10.1 Å². The highest BCUT2D eigenvalue weighted by Gasteiger charge is 2.45. The minimum atomic E-state index is -1.37. The van der Waals surface area contributed by atoms with Crippen LogP contribution < -0.4 is 0 Å². The molecule has 10 heteroatoms. The zero-order chi connectivity index (χ0) is 21.0. The molecule has 0 spiro atoms. The number of alkyl halides is 1. The quantitative estimate of drug-likeness (QED) is 0.164. The molecule has 0 aliphatic carbocycles. The summed E-state index contributed by atoms with van der Waals surface area (Å²) in [6.07, 6.45) is 0.0993. The van der Waals surface area contributed by atoms with Gasteiger partial charge in [0.15, 0.2) is 0 Å². The van der Waals surface area contributed by atoms with Crippen molar-refractivity contribution >= 4 is 46.0 Å². The number of carbonyl (C=O) groups is 3. The van der Waals surface area contributed by atoms with E-state index >= 15 is 0 Å². The van der Waals surface area contributed by atoms with Gasteiger partial charge in [-0.2, -0.15) is 0 Å². The van der Waals surface area contributed by atoms with Crippen molar-refractivity contribution in [3.8, 4) is 0 Å². The van der Waals surface area contributed by atoms with Gasteiger partial charge in [-0.1, -0.05) is 53.7 Å². The number of β-lactam (4-membered cyclic amide) rings is 1. The Labute approximate surface area is 174 Å². The molecule has 1 unspecified atom stereocenters. The van der Waals surface area contributed by atoms with Crippen molar-refractivity contribution in [2.45, 2.75) is 23.9 Å². The molecule has 1 amide bonds. The van der Waals surface area contributed by atoms with Crippen LogP contribution in [0.1, 0.15) is 22.3 Å². The molecule has 0 aromatic heterocycles. The number of non-ortho nitro benzene ring substituents is 1. The van der Waals surface area contributed by atoms with Gasteiger partial charge in [0.1, 0.15) is 6.61 Å². The number of likely N-dealkylation sites (tertiary alicyclic amines) is 1. The Morgan fingerprint density at radius 1 is 1.21 bits per heavy atom. The van der Waals surface area contributed by atoms with Crippen LogP contribution in [0.15, 0.2) is 54.6 Å². The largest absolute Gasteiger partial charge is 0.458 e. The lowest BCUT2D eigenvalue weighted by atomic mass is 10.2. The molecule has 2 atom stereocenters. The zero-order valence-electron chi connectivity index (χ0n) is 14.9. The van der Waals surface area contributed by atoms with E-state index in [9.17, 15) is 24.5 Å². The van der Waals surface area contributed by atoms with Gasteiger partial charge in [0.05, 0.1) is 16.7 Å². The SMILES string of the molecule is O=C(S[C@H]1CC(=O)N1C(Cl)C(=O)OCc1ccc([N+](=O)[O-])cc1)c1ccccc1. The normalized spacial score (nSPS) is 16.7. The summed E-state index contributed by atoms with van der Waals surface area (Å²) in [6, 6.07) is 14.1. The predicted molar refractivity (Wildman–Crippen MR) is 106 cm³/mol. The van der Waals surface area contributed by atoms with Crippen molar-refractivity contribution in [2.24, 2.45) is 0 Å². The molecular weight excluding hydrogens is 420 g/mol. The lowest BCUT2D eigenvalue weighted by molar-refractivity contribution is -0.384. The number of rotatable bonds is 7. The fourth-order valence-electron chi connectivity index (χ4n) is 2.59. The lowest BCUT2D eigenvalue weighted by Crippen LogP contribution is -2.57. The number of carbonyl (C=O) groups excluding carboxylic acids is 3. The molecule has 1 aliphatic rings. The topological polar surface area (TPSA) is 107 Å². The number of halogens is 1. The fraction of sp³-hybridized carbons (Fsp3) is 0.211. The van der Waals surface area contributed by atoms with E-state index in [4.69, 9.17) is 16.3 Å². The number of thioether (sulfide) groups is 1. The maximum Gasteiger partial charge on any atom is 0.345 e. The van der Waals surface area contributed by atoms with E-state index in [0.717, 1.165) is 16.7 Å². The Morgan fingerprint density at radius 2 is 1.86 bits per heavy atom. The molecule has 3 rings (SSSR count). The first-order valence-electron chi connectivity index (χ1n) is 8.48. The van der Waals surface area contributed by atoms with E-state index in [1.807, 2.05) is 0 Å². The van der Waals surface area contributed by atoms with Gasteiger partial charge in [-0.25, -0.2) is 4.79 Å². The number of benzene rings is 2. The molecule has 1 fully saturated rings. The molecule has 0 bridgehead atoms. The molecule has 29 heavy (non-hydrogen) atoms. The van der Waals surface area contributed by atoms with Crippen LogP contribution in [0.4, 0.5) is 5.69 Å². The first kappa shape index (κ1) is 20.8. The van der Waals surface area contributed by atoms with Crippen LogP contribution in [0.2, 0.25) is 0 Å². The number of hydrogen-bond acceptors (Lipinski definition) is 7. The zero-order valence-corrected chi connectivity index (χ0v) is 16.5. The maximum absolute atomic E-state index is 12.3. The van der Waals surface area contributed by atoms with Crippen molar-refractivity contribution in [2.75, 3.05) is 0 Å². The van der Waals surface area contributed by atoms with Gasteiger partial charge >= 0.3 is 5.97 Å². The molecule has 1 aliphatic heterocycles. The lowest BCUT2D eigenvalue weighted by Gasteiger charge is -2.41. The van der Waals surface area contributed by atoms with Gasteiger partial charge in [-0.05, 0) is 17.7 Å². The predicted octanol–water partition coefficient (Wildman–Crippen LogP) is 3.33. The van der Waals surface area contributed by atoms with E-state index < -0.39 is 21.8 Å². The number of ether oxygens (including phenoxy) is 1. The highest BCUT2D eigenvalue weighted by atomic mass is 35.5. The monoisotopic (exact) mass is 434 g/mol. The van der Waals surface area contributed by atoms with Crippen molar-refractivity contribution in [3.05, 3.63) is 75.8 Å². The minimum Gasteiger partial charge on any atom is -0.458 e. The molecule has 150 valence electrons. The first-order chi connectivity index (χ1) is 13.9. The number of nitro groups is 1. The summed E-state index contributed by atoms with van der Waals surface area (Å²) in [5.41, 5.74) is -0.420. The summed E-state index contributed by atoms with van der Waals surface area (Å²) in [5.74, 6) is -1.19. The average Bonchev–Trinajstić information content (AvgIpc) is 2.72. The number of amides is 1. The molecule has 2 aromatic rings. The molecule has 2 aromatic carbocycles. The Morgan fingerprint density at radius 3 is 2.45 bits per heavy atom. The van der Waals surface area contributed by atoms with E-state index in [1.54, 1.807) is 30.3 Å². The summed E-state index contributed by atoms with van der Waals surface area (Å²) in [7, 11) is 0. The van der Waals surface area contributed by atoms with Gasteiger partial charge in [-0.3, -0.25) is 19.7 Å². The Balaban J connectivity index is 1.55. The molecular formula is C19H15ClN2O6S. The average molecular weight is 435 g/mol. The van der Waals surface area contributed by atoms with Gasteiger partial charge in [0.2, 0.25) is 16.5 Å². The summed E-state index contributed by atoms with van der Waals surface area (Å²) in [6.45, 7) is -0.150. The van der Waals surface area contributed by atoms with Gasteiger partial charge in [-0.15, -0.1) is 0 Å². The molecule has 1 heterocycles. The van der Waals surface area contributed by atoms with Crippen molar-refractivity contribution in [1.82, 2.24) is 4.90 Å². The Bertz CT molecular complexity index is 937. The fourth-order valence-corrected chi connectivity index (χ4v) is 4.06. The summed E-state index contributed by atoms with van der Waals surface area (Å²) in [4.78, 5) is 47.7. The standard InChI is InChI=1S/C19H15ClN2O6S/c20-17(18(24)28-11-12-6-8-14(9-7-12)22(26)27)21-15(23)10-16(21)29-19(25)13-4-2-1-3-5-13/h1-9,16-17H,10-11H2/t16-,17?/m0/s1. The number of esters is 1. The summed E-state index contributed by atoms with van der Waals surface area (Å²) in [5, 5.41) is 9.87. The minimum absolute atomic E-state index is 0.0792. The summed E-state index contributed by atoms with van der Waals surface area (Å²) >= 11 is 7.03. The van der Waals surface area contributed by atoms with E-state index in [1.165, 1.54) is 24.3 Å². The number of hydrogen-bond donors (Lipinski definition) is 0. The molecule has 1 saturated heterocycles. The van der Waals surface area contributed by atoms with E-state index in [2.05, 4.69) is 0 Å². The molecule has 0 saturated carbocycles. The third-order valence-electron chi connectivity index (χ3n) is 4.17. The van der Waals surface area contributed by atoms with Crippen molar-refractivity contribution in [1.29, 1.82) is 0 Å². The Hall–Kier alpha value is -2.91. The van der Waals surface area contributed by atoms with Crippen LogP contribution in [0.3, 0.4) is 0 Å². The first-order valence-corrected chi connectivity index (χ1v) is 9.79. The summed E-state index contributed by atoms with van der Waals surface area (Å²) < 4.78 is 5.10. The van der Waals surface area contributed by atoms with Gasteiger partial charge in [0.25, 0.3) is 5.69 Å². The van der Waals surface area contributed by atoms with Crippen LogP contribution in [-0.4, -0.2) is 37.7 Å². The van der Waals surface area contributed by atoms with Gasteiger partial charge in [0, 0.05) is 17.7 Å². The second-order valence-corrected chi connectivity index (χ2v) is 7.66. The molecule has 0 radical (unpaired) electrons. The van der Waals surface area contributed by atoms with Crippen molar-refractivity contribution in [3.63, 3.8) is 0 Å². The smallest absolute Gasteiger partial charge is 0.345 e. The highest BCUT2D eigenvalue weighted by molar-refractivity contribution is 8.14. The molecule has 0 N–H and O–H groups in total. The number of nitrogens with zero attached hydrogens (tertiary/aromatic N) is 2. The van der Waals surface area contributed by atoms with Crippen LogP contribution in [0.5, 0.6) is 0 Å². The third kappa shape index (κ3) is 4.93. The van der Waals surface area contributed by atoms with Gasteiger partial charge < -0.3 is 9.64 Å². The second-order valence-electron chi connectivity index (χ2n) is 6.10. The van der Waals surface area contributed by atoms with Crippen molar-refractivity contribution < 1.29 is 24.0 Å². The maximum atomic E-state index is 12.3. The number of nitro benzene ring substituents is 1. The van der Waals surface area contributed by atoms with Crippen LogP contribution in [0.25, 0.3) is 0 Å². The van der Waals surface area contributed by atoms with E-state index in [-0.39, 0.29) is 29.7 Å². The highest BCUT2D eigenvalue weighted by Crippen LogP contribution is 2.35. The second kappa shape index (κ2) is 9.06. The third-order valence-corrected chi connectivity index (χ3v) is 5.67. The van der Waals surface area contributed by atoms with Crippen LogP contribution >= 0.6 is 23.4 Å². The van der Waals surface area contributed by atoms with Crippen LogP contribution in [-0.2, 0) is 20.9 Å². The Kier molecular flexibility index (Phi) is 6.50. The molecule has 8 nitrogen and oxygen atoms in total. The van der Waals surface area contributed by atoms with E-state index in [0.29, 0.717) is 11.1 Å².